The standard InChI is InChI=1S/C11H10BrF3O/c1-6-5-10(6,16)8-4-7(11(13,14)15)2-3-9(8)12/h2-4,6,16H,5H2,1H3. The molecule has 0 aromatic heterocycles. The van der Waals surface area contributed by atoms with Gasteiger partial charge in [-0.1, -0.05) is 22.9 Å². The van der Waals surface area contributed by atoms with Crippen molar-refractivity contribution in [3.63, 3.8) is 0 Å². The molecular weight excluding hydrogens is 285 g/mol. The average molecular weight is 295 g/mol. The maximum Gasteiger partial charge on any atom is 0.416 e. The molecule has 0 heterocycles. The van der Waals surface area contributed by atoms with Gasteiger partial charge in [-0.15, -0.1) is 0 Å². The van der Waals surface area contributed by atoms with E-state index in [0.29, 0.717) is 16.5 Å². The smallest absolute Gasteiger partial charge is 0.385 e. The topological polar surface area (TPSA) is 20.2 Å². The third-order valence-electron chi connectivity index (χ3n) is 3.03. The average Bonchev–Trinajstić information content (AvgIpc) is 2.74. The van der Waals surface area contributed by atoms with E-state index in [1.54, 1.807) is 0 Å². The Balaban J connectivity index is 2.46. The van der Waals surface area contributed by atoms with Crippen LogP contribution in [0.4, 0.5) is 13.2 Å². The monoisotopic (exact) mass is 294 g/mol. The summed E-state index contributed by atoms with van der Waals surface area (Å²) in [5, 5.41) is 10.0. The fourth-order valence-electron chi connectivity index (χ4n) is 1.82. The lowest BCUT2D eigenvalue weighted by molar-refractivity contribution is -0.137. The zero-order valence-electron chi connectivity index (χ0n) is 8.48. The van der Waals surface area contributed by atoms with Crippen molar-refractivity contribution in [1.82, 2.24) is 0 Å². The predicted octanol–water partition coefficient (Wildman–Crippen LogP) is 3.70. The lowest BCUT2D eigenvalue weighted by atomic mass is 10.0. The third kappa shape index (κ3) is 1.86. The summed E-state index contributed by atoms with van der Waals surface area (Å²) in [5.74, 6) is 0.00674. The maximum absolute atomic E-state index is 12.5. The fraction of sp³-hybridized carbons (Fsp3) is 0.455. The van der Waals surface area contributed by atoms with E-state index in [4.69, 9.17) is 0 Å². The van der Waals surface area contributed by atoms with Crippen LogP contribution in [0.25, 0.3) is 0 Å². The van der Waals surface area contributed by atoms with Crippen molar-refractivity contribution in [1.29, 1.82) is 0 Å². The van der Waals surface area contributed by atoms with Crippen molar-refractivity contribution in [3.05, 3.63) is 33.8 Å². The first-order chi connectivity index (χ1) is 7.25. The van der Waals surface area contributed by atoms with Crippen LogP contribution in [-0.2, 0) is 11.8 Å². The van der Waals surface area contributed by atoms with Gasteiger partial charge >= 0.3 is 6.18 Å². The Kier molecular flexibility index (Phi) is 2.58. The van der Waals surface area contributed by atoms with Crippen LogP contribution in [0.15, 0.2) is 22.7 Å². The normalized spacial score (nSPS) is 29.2. The van der Waals surface area contributed by atoms with Crippen molar-refractivity contribution in [2.24, 2.45) is 5.92 Å². The lowest BCUT2D eigenvalue weighted by Gasteiger charge is -2.15. The summed E-state index contributed by atoms with van der Waals surface area (Å²) in [6.07, 6.45) is -3.86. The molecule has 0 amide bonds. The number of hydrogen-bond acceptors (Lipinski definition) is 1. The zero-order chi connectivity index (χ0) is 12.1. The van der Waals surface area contributed by atoms with Gasteiger partial charge in [0.15, 0.2) is 0 Å². The van der Waals surface area contributed by atoms with E-state index >= 15 is 0 Å². The Morgan fingerprint density at radius 2 is 2.00 bits per heavy atom. The predicted molar refractivity (Wildman–Crippen MR) is 56.8 cm³/mol. The number of halogens is 4. The van der Waals surface area contributed by atoms with Crippen LogP contribution in [0, 0.1) is 5.92 Å². The molecule has 0 spiro atoms. The molecule has 0 aliphatic heterocycles. The molecule has 1 saturated carbocycles. The van der Waals surface area contributed by atoms with Gasteiger partial charge in [0.1, 0.15) is 0 Å². The van der Waals surface area contributed by atoms with E-state index < -0.39 is 17.3 Å². The first-order valence-electron chi connectivity index (χ1n) is 4.85. The van der Waals surface area contributed by atoms with Crippen molar-refractivity contribution in [2.75, 3.05) is 0 Å². The summed E-state index contributed by atoms with van der Waals surface area (Å²) in [6.45, 7) is 1.81. The highest BCUT2D eigenvalue weighted by molar-refractivity contribution is 9.10. The number of benzene rings is 1. The summed E-state index contributed by atoms with van der Waals surface area (Å²) in [6, 6.07) is 3.36. The summed E-state index contributed by atoms with van der Waals surface area (Å²) < 4.78 is 38.0. The third-order valence-corrected chi connectivity index (χ3v) is 3.72. The Labute approximate surface area is 99.4 Å². The van der Waals surface area contributed by atoms with Gasteiger partial charge in [0.25, 0.3) is 0 Å². The van der Waals surface area contributed by atoms with Crippen molar-refractivity contribution < 1.29 is 18.3 Å². The fourth-order valence-corrected chi connectivity index (χ4v) is 2.41. The molecule has 16 heavy (non-hydrogen) atoms. The molecule has 2 atom stereocenters. The zero-order valence-corrected chi connectivity index (χ0v) is 10.1. The molecule has 1 aliphatic carbocycles. The molecular formula is C11H10BrF3O. The highest BCUT2D eigenvalue weighted by Crippen LogP contribution is 2.54. The van der Waals surface area contributed by atoms with Gasteiger partial charge in [0.05, 0.1) is 11.2 Å². The van der Waals surface area contributed by atoms with Crippen LogP contribution in [0.1, 0.15) is 24.5 Å². The molecule has 5 heteroatoms. The molecule has 0 bridgehead atoms. The van der Waals surface area contributed by atoms with Crippen molar-refractivity contribution in [2.45, 2.75) is 25.1 Å². The van der Waals surface area contributed by atoms with Crippen LogP contribution in [0.2, 0.25) is 0 Å². The summed E-state index contributed by atoms with van der Waals surface area (Å²) in [5.41, 5.74) is -1.49. The van der Waals surface area contributed by atoms with Gasteiger partial charge in [0.2, 0.25) is 0 Å². The highest BCUT2D eigenvalue weighted by Gasteiger charge is 2.52. The van der Waals surface area contributed by atoms with Crippen LogP contribution >= 0.6 is 15.9 Å². The van der Waals surface area contributed by atoms with Crippen molar-refractivity contribution >= 4 is 15.9 Å². The Morgan fingerprint density at radius 1 is 1.44 bits per heavy atom. The van der Waals surface area contributed by atoms with Crippen LogP contribution in [0.3, 0.4) is 0 Å². The number of rotatable bonds is 1. The van der Waals surface area contributed by atoms with Gasteiger partial charge in [0, 0.05) is 4.47 Å². The minimum atomic E-state index is -4.37. The van der Waals surface area contributed by atoms with Crippen molar-refractivity contribution in [3.8, 4) is 0 Å². The van der Waals surface area contributed by atoms with Crippen LogP contribution < -0.4 is 0 Å². The molecule has 2 unspecified atom stereocenters. The van der Waals surface area contributed by atoms with Gasteiger partial charge in [-0.2, -0.15) is 13.2 Å². The molecule has 1 aromatic carbocycles. The van der Waals surface area contributed by atoms with E-state index in [1.165, 1.54) is 6.07 Å². The molecule has 1 aromatic rings. The number of alkyl halides is 3. The first kappa shape index (κ1) is 11.9. The van der Waals surface area contributed by atoms with E-state index in [9.17, 15) is 18.3 Å². The molecule has 1 fully saturated rings. The van der Waals surface area contributed by atoms with Crippen LogP contribution in [-0.4, -0.2) is 5.11 Å². The van der Waals surface area contributed by atoms with E-state index in [2.05, 4.69) is 15.9 Å². The molecule has 1 nitrogen and oxygen atoms in total. The number of aliphatic hydroxyl groups is 1. The van der Waals surface area contributed by atoms with Gasteiger partial charge < -0.3 is 5.11 Å². The minimum absolute atomic E-state index is 0.00674. The van der Waals surface area contributed by atoms with Gasteiger partial charge in [-0.05, 0) is 36.1 Å². The second kappa shape index (κ2) is 3.47. The molecule has 0 radical (unpaired) electrons. The summed E-state index contributed by atoms with van der Waals surface area (Å²) in [4.78, 5) is 0. The Morgan fingerprint density at radius 3 is 2.44 bits per heavy atom. The first-order valence-corrected chi connectivity index (χ1v) is 5.64. The molecule has 1 N–H and O–H groups in total. The van der Waals surface area contributed by atoms with E-state index in [-0.39, 0.29) is 5.92 Å². The van der Waals surface area contributed by atoms with Gasteiger partial charge in [-0.3, -0.25) is 0 Å². The Bertz CT molecular complexity index is 430. The highest BCUT2D eigenvalue weighted by atomic mass is 79.9. The van der Waals surface area contributed by atoms with Gasteiger partial charge in [-0.25, -0.2) is 0 Å². The molecule has 1 aliphatic rings. The maximum atomic E-state index is 12.5. The lowest BCUT2D eigenvalue weighted by Crippen LogP contribution is -2.12. The minimum Gasteiger partial charge on any atom is -0.385 e. The SMILES string of the molecule is CC1CC1(O)c1cc(C(F)(F)F)ccc1Br. The largest absolute Gasteiger partial charge is 0.416 e. The molecule has 88 valence electrons. The number of hydrogen-bond donors (Lipinski definition) is 1. The second-order valence-corrected chi connectivity index (χ2v) is 5.08. The van der Waals surface area contributed by atoms with Crippen LogP contribution in [0.5, 0.6) is 0 Å². The second-order valence-electron chi connectivity index (χ2n) is 4.22. The molecule has 0 saturated heterocycles. The molecule has 2 rings (SSSR count). The Hall–Kier alpha value is -0.550. The summed E-state index contributed by atoms with van der Waals surface area (Å²) in [7, 11) is 0. The summed E-state index contributed by atoms with van der Waals surface area (Å²) >= 11 is 3.17. The van der Waals surface area contributed by atoms with E-state index in [1.807, 2.05) is 6.92 Å². The quantitative estimate of drug-likeness (QED) is 0.837. The van der Waals surface area contributed by atoms with E-state index in [0.717, 1.165) is 12.1 Å².